The molecule has 4 aromatic rings. The molecule has 36 heavy (non-hydrogen) atoms. The quantitative estimate of drug-likeness (QED) is 0.400. The molecule has 0 saturated carbocycles. The summed E-state index contributed by atoms with van der Waals surface area (Å²) in [6.07, 6.45) is 10.7. The number of rotatable bonds is 7. The van der Waals surface area contributed by atoms with Gasteiger partial charge in [-0.25, -0.2) is 14.6 Å². The summed E-state index contributed by atoms with van der Waals surface area (Å²) in [7, 11) is 1.64. The Hall–Kier alpha value is -4.46. The molecule has 1 saturated heterocycles. The number of amides is 1. The van der Waals surface area contributed by atoms with Gasteiger partial charge >= 0.3 is 0 Å². The number of benzene rings is 2. The number of hydrogen-bond donors (Lipinski definition) is 1. The number of anilines is 1. The summed E-state index contributed by atoms with van der Waals surface area (Å²) in [4.78, 5) is 23.6. The molecule has 0 bridgehead atoms. The van der Waals surface area contributed by atoms with Crippen molar-refractivity contribution in [1.82, 2.24) is 25.1 Å². The highest BCUT2D eigenvalue weighted by Crippen LogP contribution is 2.27. The standard InChI is InChI=1S/C28H28N6O2/c1-36-25-13-10-21(11-14-25)27-22(19-34(32-27)24-8-3-2-4-9-24)12-15-26(35)31-23-7-5-18-33(20-23)28-29-16-6-17-30-28/h2-4,6,8-17,19,23H,5,7,18,20H2,1H3,(H,31,35)/b15-12+. The van der Waals surface area contributed by atoms with E-state index in [2.05, 4.69) is 20.2 Å². The van der Waals surface area contributed by atoms with Crippen LogP contribution in [0.5, 0.6) is 5.75 Å². The number of nitrogens with one attached hydrogen (secondary N) is 1. The summed E-state index contributed by atoms with van der Waals surface area (Å²) >= 11 is 0. The van der Waals surface area contributed by atoms with Crippen molar-refractivity contribution in [2.24, 2.45) is 0 Å². The van der Waals surface area contributed by atoms with Gasteiger partial charge in [0, 0.05) is 54.9 Å². The Morgan fingerprint density at radius 2 is 1.83 bits per heavy atom. The molecule has 1 aliphatic heterocycles. The van der Waals surface area contributed by atoms with E-state index < -0.39 is 0 Å². The Kier molecular flexibility index (Phi) is 7.02. The van der Waals surface area contributed by atoms with E-state index in [1.807, 2.05) is 71.6 Å². The maximum absolute atomic E-state index is 12.8. The van der Waals surface area contributed by atoms with Crippen LogP contribution in [0, 0.1) is 0 Å². The second-order valence-electron chi connectivity index (χ2n) is 8.62. The predicted octanol–water partition coefficient (Wildman–Crippen LogP) is 4.14. The molecule has 1 unspecified atom stereocenters. The maximum atomic E-state index is 12.8. The summed E-state index contributed by atoms with van der Waals surface area (Å²) in [6.45, 7) is 1.57. The SMILES string of the molecule is COc1ccc(-c2nn(-c3ccccc3)cc2/C=C/C(=O)NC2CCCN(c3ncccn3)C2)cc1. The highest BCUT2D eigenvalue weighted by molar-refractivity contribution is 5.93. The molecule has 8 nitrogen and oxygen atoms in total. The normalized spacial score (nSPS) is 15.7. The number of ether oxygens (including phenoxy) is 1. The Balaban J connectivity index is 1.33. The van der Waals surface area contributed by atoms with E-state index >= 15 is 0 Å². The van der Waals surface area contributed by atoms with Crippen LogP contribution in [0.1, 0.15) is 18.4 Å². The van der Waals surface area contributed by atoms with Crippen LogP contribution in [0.15, 0.2) is 85.3 Å². The molecule has 1 atom stereocenters. The lowest BCUT2D eigenvalue weighted by molar-refractivity contribution is -0.117. The number of nitrogens with zero attached hydrogens (tertiary/aromatic N) is 5. The second-order valence-corrected chi connectivity index (χ2v) is 8.62. The molecule has 1 aliphatic rings. The third kappa shape index (κ3) is 5.43. The fraction of sp³-hybridized carbons (Fsp3) is 0.214. The van der Waals surface area contributed by atoms with Crippen LogP contribution in [0.2, 0.25) is 0 Å². The first-order valence-electron chi connectivity index (χ1n) is 12.0. The van der Waals surface area contributed by atoms with E-state index in [1.54, 1.807) is 31.6 Å². The lowest BCUT2D eigenvalue weighted by Gasteiger charge is -2.32. The molecule has 1 N–H and O–H groups in total. The van der Waals surface area contributed by atoms with Gasteiger partial charge in [-0.15, -0.1) is 0 Å². The van der Waals surface area contributed by atoms with E-state index in [4.69, 9.17) is 9.84 Å². The molecule has 2 aromatic carbocycles. The van der Waals surface area contributed by atoms with Crippen LogP contribution in [0.3, 0.4) is 0 Å². The van der Waals surface area contributed by atoms with Gasteiger partial charge in [0.15, 0.2) is 0 Å². The van der Waals surface area contributed by atoms with Crippen LogP contribution < -0.4 is 15.0 Å². The minimum Gasteiger partial charge on any atom is -0.497 e. The van der Waals surface area contributed by atoms with Crippen LogP contribution in [-0.4, -0.2) is 51.9 Å². The van der Waals surface area contributed by atoms with Gasteiger partial charge in [-0.3, -0.25) is 4.79 Å². The first-order chi connectivity index (χ1) is 17.7. The largest absolute Gasteiger partial charge is 0.497 e. The summed E-state index contributed by atoms with van der Waals surface area (Å²) < 4.78 is 7.12. The highest BCUT2D eigenvalue weighted by atomic mass is 16.5. The second kappa shape index (κ2) is 10.9. The number of para-hydroxylation sites is 1. The van der Waals surface area contributed by atoms with Crippen molar-refractivity contribution in [2.75, 3.05) is 25.1 Å². The molecule has 182 valence electrons. The molecular weight excluding hydrogens is 452 g/mol. The van der Waals surface area contributed by atoms with Crippen molar-refractivity contribution in [3.63, 3.8) is 0 Å². The van der Waals surface area contributed by atoms with Crippen molar-refractivity contribution in [3.8, 4) is 22.7 Å². The molecule has 5 rings (SSSR count). The van der Waals surface area contributed by atoms with Crippen molar-refractivity contribution in [1.29, 1.82) is 0 Å². The fourth-order valence-corrected chi connectivity index (χ4v) is 4.34. The van der Waals surface area contributed by atoms with Gasteiger partial charge < -0.3 is 15.0 Å². The summed E-state index contributed by atoms with van der Waals surface area (Å²) in [5, 5.41) is 7.95. The average molecular weight is 481 g/mol. The number of piperidine rings is 1. The van der Waals surface area contributed by atoms with Crippen molar-refractivity contribution >= 4 is 17.9 Å². The molecule has 1 amide bonds. The van der Waals surface area contributed by atoms with Gasteiger partial charge in [-0.1, -0.05) is 18.2 Å². The average Bonchev–Trinajstić information content (AvgIpc) is 3.37. The Bertz CT molecular complexity index is 1320. The lowest BCUT2D eigenvalue weighted by atomic mass is 10.1. The maximum Gasteiger partial charge on any atom is 0.244 e. The zero-order valence-corrected chi connectivity index (χ0v) is 20.1. The number of carbonyl (C=O) groups excluding carboxylic acids is 1. The van der Waals surface area contributed by atoms with Gasteiger partial charge in [0.25, 0.3) is 0 Å². The molecule has 1 fully saturated rings. The van der Waals surface area contributed by atoms with Crippen molar-refractivity contribution < 1.29 is 9.53 Å². The van der Waals surface area contributed by atoms with E-state index in [9.17, 15) is 4.79 Å². The molecule has 8 heteroatoms. The smallest absolute Gasteiger partial charge is 0.244 e. The zero-order valence-electron chi connectivity index (χ0n) is 20.1. The lowest BCUT2D eigenvalue weighted by Crippen LogP contribution is -2.47. The Morgan fingerprint density at radius 3 is 2.58 bits per heavy atom. The zero-order chi connectivity index (χ0) is 24.7. The number of hydrogen-bond acceptors (Lipinski definition) is 6. The molecule has 0 aliphatic carbocycles. The van der Waals surface area contributed by atoms with Crippen molar-refractivity contribution in [3.05, 3.63) is 90.9 Å². The topological polar surface area (TPSA) is 85.2 Å². The summed E-state index contributed by atoms with van der Waals surface area (Å²) in [6, 6.07) is 19.5. The molecule has 0 radical (unpaired) electrons. The third-order valence-electron chi connectivity index (χ3n) is 6.14. The summed E-state index contributed by atoms with van der Waals surface area (Å²) in [5.74, 6) is 1.34. The molecule has 2 aromatic heterocycles. The first kappa shape index (κ1) is 23.3. The van der Waals surface area contributed by atoms with E-state index in [0.29, 0.717) is 12.5 Å². The van der Waals surface area contributed by atoms with Crippen molar-refractivity contribution in [2.45, 2.75) is 18.9 Å². The summed E-state index contributed by atoms with van der Waals surface area (Å²) in [5.41, 5.74) is 3.52. The van der Waals surface area contributed by atoms with E-state index in [1.165, 1.54) is 0 Å². The van der Waals surface area contributed by atoms with Crippen LogP contribution >= 0.6 is 0 Å². The van der Waals surface area contributed by atoms with Crippen LogP contribution in [-0.2, 0) is 4.79 Å². The number of carbonyl (C=O) groups is 1. The van der Waals surface area contributed by atoms with Gasteiger partial charge in [0.2, 0.25) is 11.9 Å². The predicted molar refractivity (Wildman–Crippen MR) is 140 cm³/mol. The van der Waals surface area contributed by atoms with Gasteiger partial charge in [0.05, 0.1) is 18.5 Å². The number of aromatic nitrogens is 4. The molecule has 3 heterocycles. The molecular formula is C28H28N6O2. The fourth-order valence-electron chi connectivity index (χ4n) is 4.34. The van der Waals surface area contributed by atoms with Gasteiger partial charge in [-0.05, 0) is 61.4 Å². The van der Waals surface area contributed by atoms with E-state index in [-0.39, 0.29) is 11.9 Å². The molecule has 0 spiro atoms. The minimum atomic E-state index is -0.135. The Labute approximate surface area is 210 Å². The third-order valence-corrected chi connectivity index (χ3v) is 6.14. The monoisotopic (exact) mass is 480 g/mol. The van der Waals surface area contributed by atoms with Gasteiger partial charge in [0.1, 0.15) is 5.75 Å². The minimum absolute atomic E-state index is 0.0350. The van der Waals surface area contributed by atoms with Crippen LogP contribution in [0.25, 0.3) is 23.0 Å². The first-order valence-corrected chi connectivity index (χ1v) is 12.0. The Morgan fingerprint density at radius 1 is 1.06 bits per heavy atom. The van der Waals surface area contributed by atoms with E-state index in [0.717, 1.165) is 47.6 Å². The van der Waals surface area contributed by atoms with Crippen LogP contribution in [0.4, 0.5) is 5.95 Å². The number of methoxy groups -OCH3 is 1. The highest BCUT2D eigenvalue weighted by Gasteiger charge is 2.22. The van der Waals surface area contributed by atoms with Gasteiger partial charge in [-0.2, -0.15) is 5.10 Å².